The summed E-state index contributed by atoms with van der Waals surface area (Å²) in [6.07, 6.45) is 3.81. The number of pyridine rings is 1. The quantitative estimate of drug-likeness (QED) is 0.611. The zero-order chi connectivity index (χ0) is 19.9. The van der Waals surface area contributed by atoms with Crippen molar-refractivity contribution in [1.29, 1.82) is 0 Å². The fourth-order valence-electron chi connectivity index (χ4n) is 3.37. The molecule has 1 unspecified atom stereocenters. The molecule has 2 N–H and O–H groups in total. The van der Waals surface area contributed by atoms with E-state index in [1.54, 1.807) is 13.1 Å². The molecule has 0 radical (unpaired) electrons. The van der Waals surface area contributed by atoms with Gasteiger partial charge in [0.05, 0.1) is 0 Å². The summed E-state index contributed by atoms with van der Waals surface area (Å²) < 4.78 is 26.5. The van der Waals surface area contributed by atoms with Crippen molar-refractivity contribution >= 4 is 11.8 Å². The molecule has 5 nitrogen and oxygen atoms in total. The van der Waals surface area contributed by atoms with Crippen LogP contribution in [-0.4, -0.2) is 43.7 Å². The standard InChI is InChI=1S/C21H27F2N5/c1-15(16-6-7-18(22)19(23)13-16)14-26-21(24-2)27-17-8-11-28(12-9-17)20-5-3-4-10-25-20/h3-7,10,13,15,17H,8-9,11-12,14H2,1-2H3,(H2,24,26,27). The molecule has 2 heterocycles. The van der Waals surface area contributed by atoms with E-state index >= 15 is 0 Å². The highest BCUT2D eigenvalue weighted by Gasteiger charge is 2.21. The normalized spacial score (nSPS) is 16.7. The average Bonchev–Trinajstić information content (AvgIpc) is 2.74. The van der Waals surface area contributed by atoms with Gasteiger partial charge in [-0.3, -0.25) is 4.99 Å². The van der Waals surface area contributed by atoms with Gasteiger partial charge in [0, 0.05) is 38.9 Å². The van der Waals surface area contributed by atoms with Crippen LogP contribution < -0.4 is 15.5 Å². The maximum Gasteiger partial charge on any atom is 0.191 e. The fraction of sp³-hybridized carbons (Fsp3) is 0.429. The van der Waals surface area contributed by atoms with E-state index in [0.717, 1.165) is 43.3 Å². The monoisotopic (exact) mass is 387 g/mol. The molecule has 2 aromatic rings. The van der Waals surface area contributed by atoms with Gasteiger partial charge in [0.25, 0.3) is 0 Å². The number of halogens is 2. The molecule has 1 aliphatic rings. The summed E-state index contributed by atoms with van der Waals surface area (Å²) in [5, 5.41) is 6.75. The van der Waals surface area contributed by atoms with E-state index in [9.17, 15) is 8.78 Å². The second-order valence-electron chi connectivity index (χ2n) is 7.12. The zero-order valence-electron chi connectivity index (χ0n) is 16.3. The first-order chi connectivity index (χ1) is 13.6. The third-order valence-corrected chi connectivity index (χ3v) is 5.12. The van der Waals surface area contributed by atoms with Gasteiger partial charge in [0.2, 0.25) is 0 Å². The Morgan fingerprint density at radius 3 is 2.64 bits per heavy atom. The summed E-state index contributed by atoms with van der Waals surface area (Å²) in [7, 11) is 1.74. The second-order valence-corrected chi connectivity index (χ2v) is 7.12. The van der Waals surface area contributed by atoms with Crippen LogP contribution in [0.2, 0.25) is 0 Å². The number of hydrogen-bond donors (Lipinski definition) is 2. The number of benzene rings is 1. The lowest BCUT2D eigenvalue weighted by Crippen LogP contribution is -2.49. The van der Waals surface area contributed by atoms with Gasteiger partial charge in [-0.15, -0.1) is 0 Å². The lowest BCUT2D eigenvalue weighted by Gasteiger charge is -2.33. The number of guanidine groups is 1. The molecule has 0 bridgehead atoms. The van der Waals surface area contributed by atoms with E-state index in [4.69, 9.17) is 0 Å². The Morgan fingerprint density at radius 2 is 2.00 bits per heavy atom. The zero-order valence-corrected chi connectivity index (χ0v) is 16.3. The number of aliphatic imine (C=N–C) groups is 1. The third kappa shape index (κ3) is 5.18. The molecule has 0 saturated carbocycles. The molecule has 1 saturated heterocycles. The van der Waals surface area contributed by atoms with E-state index < -0.39 is 11.6 Å². The van der Waals surface area contributed by atoms with Crippen LogP contribution in [0, 0.1) is 11.6 Å². The minimum Gasteiger partial charge on any atom is -0.356 e. The SMILES string of the molecule is CN=C(NCC(C)c1ccc(F)c(F)c1)NC1CCN(c2ccccn2)CC1. The van der Waals surface area contributed by atoms with Crippen LogP contribution in [0.4, 0.5) is 14.6 Å². The maximum absolute atomic E-state index is 13.4. The number of piperidine rings is 1. The highest BCUT2D eigenvalue weighted by atomic mass is 19.2. The number of nitrogens with zero attached hydrogens (tertiary/aromatic N) is 3. The number of nitrogens with one attached hydrogen (secondary N) is 2. The Bertz CT molecular complexity index is 789. The van der Waals surface area contributed by atoms with Crippen LogP contribution in [0.25, 0.3) is 0 Å². The van der Waals surface area contributed by atoms with Crippen LogP contribution in [0.5, 0.6) is 0 Å². The molecule has 7 heteroatoms. The van der Waals surface area contributed by atoms with Gasteiger partial charge in [-0.1, -0.05) is 19.1 Å². The summed E-state index contributed by atoms with van der Waals surface area (Å²) in [5.74, 6) is 0.138. The molecule has 1 atom stereocenters. The van der Waals surface area contributed by atoms with Gasteiger partial charge in [-0.2, -0.15) is 0 Å². The second kappa shape index (κ2) is 9.48. The summed E-state index contributed by atoms with van der Waals surface area (Å²) >= 11 is 0. The predicted octanol–water partition coefficient (Wildman–Crippen LogP) is 3.30. The van der Waals surface area contributed by atoms with Crippen molar-refractivity contribution in [3.05, 3.63) is 59.8 Å². The fourth-order valence-corrected chi connectivity index (χ4v) is 3.37. The Kier molecular flexibility index (Phi) is 6.79. The number of anilines is 1. The lowest BCUT2D eigenvalue weighted by atomic mass is 10.0. The van der Waals surface area contributed by atoms with Gasteiger partial charge in [-0.25, -0.2) is 13.8 Å². The van der Waals surface area contributed by atoms with Crippen molar-refractivity contribution in [2.75, 3.05) is 31.6 Å². The third-order valence-electron chi connectivity index (χ3n) is 5.12. The molecule has 1 aromatic carbocycles. The Hall–Kier alpha value is -2.70. The van der Waals surface area contributed by atoms with Crippen LogP contribution in [0.3, 0.4) is 0 Å². The topological polar surface area (TPSA) is 52.6 Å². The van der Waals surface area contributed by atoms with Crippen LogP contribution in [-0.2, 0) is 0 Å². The first kappa shape index (κ1) is 20.0. The highest BCUT2D eigenvalue weighted by Crippen LogP contribution is 2.18. The van der Waals surface area contributed by atoms with E-state index in [0.29, 0.717) is 12.6 Å². The smallest absolute Gasteiger partial charge is 0.191 e. The van der Waals surface area contributed by atoms with Crippen molar-refractivity contribution in [1.82, 2.24) is 15.6 Å². The lowest BCUT2D eigenvalue weighted by molar-refractivity contribution is 0.459. The number of aromatic nitrogens is 1. The summed E-state index contributed by atoms with van der Waals surface area (Å²) in [6.45, 7) is 4.43. The molecule has 0 spiro atoms. The van der Waals surface area contributed by atoms with E-state index in [2.05, 4.69) is 25.5 Å². The molecule has 0 amide bonds. The molecular formula is C21H27F2N5. The van der Waals surface area contributed by atoms with E-state index in [1.807, 2.05) is 31.3 Å². The first-order valence-electron chi connectivity index (χ1n) is 9.65. The van der Waals surface area contributed by atoms with Gasteiger partial charge < -0.3 is 15.5 Å². The molecular weight excluding hydrogens is 360 g/mol. The van der Waals surface area contributed by atoms with Crippen molar-refractivity contribution in [2.24, 2.45) is 4.99 Å². The minimum atomic E-state index is -0.821. The Balaban J connectivity index is 1.46. The molecule has 1 aliphatic heterocycles. The molecule has 1 aromatic heterocycles. The largest absolute Gasteiger partial charge is 0.356 e. The highest BCUT2D eigenvalue weighted by molar-refractivity contribution is 5.80. The van der Waals surface area contributed by atoms with Crippen LogP contribution >= 0.6 is 0 Å². The maximum atomic E-state index is 13.4. The van der Waals surface area contributed by atoms with Gasteiger partial charge in [0.1, 0.15) is 5.82 Å². The van der Waals surface area contributed by atoms with E-state index in [1.165, 1.54) is 12.1 Å². The van der Waals surface area contributed by atoms with Crippen LogP contribution in [0.15, 0.2) is 47.6 Å². The summed E-state index contributed by atoms with van der Waals surface area (Å²) in [6, 6.07) is 10.4. The van der Waals surface area contributed by atoms with Gasteiger partial charge in [-0.05, 0) is 48.6 Å². The molecule has 0 aliphatic carbocycles. The van der Waals surface area contributed by atoms with Crippen LogP contribution in [0.1, 0.15) is 31.2 Å². The Labute approximate surface area is 164 Å². The van der Waals surface area contributed by atoms with Crippen molar-refractivity contribution in [3.63, 3.8) is 0 Å². The Morgan fingerprint density at radius 1 is 1.21 bits per heavy atom. The molecule has 150 valence electrons. The van der Waals surface area contributed by atoms with Gasteiger partial charge >= 0.3 is 0 Å². The molecule has 28 heavy (non-hydrogen) atoms. The minimum absolute atomic E-state index is 0.0275. The first-order valence-corrected chi connectivity index (χ1v) is 9.65. The number of rotatable bonds is 5. The van der Waals surface area contributed by atoms with Crippen molar-refractivity contribution in [2.45, 2.75) is 31.7 Å². The molecule has 3 rings (SSSR count). The summed E-state index contributed by atoms with van der Waals surface area (Å²) in [4.78, 5) is 11.0. The van der Waals surface area contributed by atoms with Gasteiger partial charge in [0.15, 0.2) is 17.6 Å². The summed E-state index contributed by atoms with van der Waals surface area (Å²) in [5.41, 5.74) is 0.755. The predicted molar refractivity (Wildman–Crippen MR) is 109 cm³/mol. The number of hydrogen-bond acceptors (Lipinski definition) is 3. The van der Waals surface area contributed by atoms with E-state index in [-0.39, 0.29) is 5.92 Å². The molecule has 1 fully saturated rings. The van der Waals surface area contributed by atoms with Crippen molar-refractivity contribution < 1.29 is 8.78 Å². The van der Waals surface area contributed by atoms with Crippen molar-refractivity contribution in [3.8, 4) is 0 Å². The average molecular weight is 387 g/mol.